The van der Waals surface area contributed by atoms with Crippen LogP contribution in [0.3, 0.4) is 0 Å². The van der Waals surface area contributed by atoms with Crippen LogP contribution in [0.5, 0.6) is 11.5 Å². The number of hydrazone groups is 1. The first kappa shape index (κ1) is 24.9. The van der Waals surface area contributed by atoms with Gasteiger partial charge in [-0.1, -0.05) is 30.8 Å². The molecule has 8 nitrogen and oxygen atoms in total. The van der Waals surface area contributed by atoms with Gasteiger partial charge < -0.3 is 14.2 Å². The van der Waals surface area contributed by atoms with Crippen LogP contribution >= 0.6 is 11.8 Å². The van der Waals surface area contributed by atoms with Crippen molar-refractivity contribution >= 4 is 34.5 Å². The van der Waals surface area contributed by atoms with Gasteiger partial charge in [-0.3, -0.25) is 10.1 Å². The average molecular weight is 498 g/mol. The summed E-state index contributed by atoms with van der Waals surface area (Å²) in [6.45, 7) is 2.38. The molecule has 186 valence electrons. The van der Waals surface area contributed by atoms with E-state index in [1.807, 2.05) is 30.3 Å². The lowest BCUT2D eigenvalue weighted by Gasteiger charge is -2.29. The third-order valence-corrected chi connectivity index (χ3v) is 7.38. The molecule has 35 heavy (non-hydrogen) atoms. The van der Waals surface area contributed by atoms with E-state index in [2.05, 4.69) is 17.0 Å². The maximum Gasteiger partial charge on any atom is 0.411 e. The molecule has 1 fully saturated rings. The van der Waals surface area contributed by atoms with Crippen LogP contribution in [0.1, 0.15) is 50.2 Å². The predicted molar refractivity (Wildman–Crippen MR) is 137 cm³/mol. The van der Waals surface area contributed by atoms with E-state index in [0.29, 0.717) is 18.0 Å². The number of thioether (sulfide) groups is 1. The fourth-order valence-corrected chi connectivity index (χ4v) is 5.17. The zero-order valence-electron chi connectivity index (χ0n) is 20.3. The van der Waals surface area contributed by atoms with Crippen LogP contribution in [0.15, 0.2) is 47.6 Å². The van der Waals surface area contributed by atoms with Crippen LogP contribution < -0.4 is 14.8 Å². The third kappa shape index (κ3) is 6.08. The van der Waals surface area contributed by atoms with Gasteiger partial charge in [-0.25, -0.2) is 9.80 Å². The molecule has 0 spiro atoms. The number of anilines is 1. The molecule has 4 rings (SSSR count). The smallest absolute Gasteiger partial charge is 0.411 e. The van der Waals surface area contributed by atoms with Gasteiger partial charge in [-0.05, 0) is 68.0 Å². The van der Waals surface area contributed by atoms with Crippen molar-refractivity contribution < 1.29 is 23.8 Å². The average Bonchev–Trinajstić information content (AvgIpc) is 3.39. The molecule has 9 heteroatoms. The quantitative estimate of drug-likeness (QED) is 0.478. The molecule has 2 aliphatic rings. The normalized spacial score (nSPS) is 18.3. The van der Waals surface area contributed by atoms with Gasteiger partial charge >= 0.3 is 11.3 Å². The van der Waals surface area contributed by atoms with Gasteiger partial charge in [0.1, 0.15) is 0 Å². The maximum absolute atomic E-state index is 12.9. The minimum absolute atomic E-state index is 0.0434. The van der Waals surface area contributed by atoms with Gasteiger partial charge in [-0.15, -0.1) is 0 Å². The van der Waals surface area contributed by atoms with E-state index in [4.69, 9.17) is 14.6 Å². The highest BCUT2D eigenvalue weighted by atomic mass is 32.2. The van der Waals surface area contributed by atoms with Crippen LogP contribution in [0.25, 0.3) is 0 Å². The van der Waals surface area contributed by atoms with Crippen molar-refractivity contribution in [3.63, 3.8) is 0 Å². The van der Waals surface area contributed by atoms with Gasteiger partial charge in [0, 0.05) is 11.3 Å². The lowest BCUT2D eigenvalue weighted by atomic mass is 10.0. The first-order chi connectivity index (χ1) is 17.0. The fourth-order valence-electron chi connectivity index (χ4n) is 4.24. The van der Waals surface area contributed by atoms with Gasteiger partial charge in [-0.2, -0.15) is 5.10 Å². The predicted octanol–water partition coefficient (Wildman–Crippen LogP) is 6.05. The van der Waals surface area contributed by atoms with E-state index in [0.717, 1.165) is 41.9 Å². The zero-order chi connectivity index (χ0) is 24.8. The van der Waals surface area contributed by atoms with Crippen molar-refractivity contribution in [2.24, 2.45) is 5.10 Å². The summed E-state index contributed by atoms with van der Waals surface area (Å²) in [5.41, 5.74) is 3.28. The standard InChI is InChI=1S/C26H31N3O5S/c1-4-23-24(18-11-14-21(32-2)22(15-18)34-20-7-5-6-8-20)28-29(26(31)35-23)16-17-9-12-19(13-10-17)27-25(30)33-3/h9-15,20,23H,4-8,16H2,1-3H3,(H,27,30). The summed E-state index contributed by atoms with van der Waals surface area (Å²) in [5, 5.41) is 8.77. The molecule has 1 unspecified atom stereocenters. The first-order valence-corrected chi connectivity index (χ1v) is 12.7. The summed E-state index contributed by atoms with van der Waals surface area (Å²) in [6.07, 6.45) is 4.93. The van der Waals surface area contributed by atoms with Gasteiger partial charge in [0.2, 0.25) is 0 Å². The van der Waals surface area contributed by atoms with Crippen LogP contribution in [0.4, 0.5) is 15.3 Å². The number of hydrogen-bond donors (Lipinski definition) is 1. The molecule has 1 aliphatic carbocycles. The summed E-state index contributed by atoms with van der Waals surface area (Å²) < 4.78 is 16.4. The number of carbonyl (C=O) groups excluding carboxylic acids is 2. The molecule has 2 aromatic carbocycles. The number of methoxy groups -OCH3 is 2. The Balaban J connectivity index is 1.57. The Labute approximate surface area is 210 Å². The third-order valence-electron chi connectivity index (χ3n) is 6.13. The molecule has 1 N–H and O–H groups in total. The lowest BCUT2D eigenvalue weighted by Crippen LogP contribution is -2.34. The number of benzene rings is 2. The minimum Gasteiger partial charge on any atom is -0.493 e. The molecular formula is C26H31N3O5S. The monoisotopic (exact) mass is 497 g/mol. The Hall–Kier alpha value is -3.20. The van der Waals surface area contributed by atoms with Gasteiger partial charge in [0.15, 0.2) is 11.5 Å². The molecule has 0 radical (unpaired) electrons. The summed E-state index contributed by atoms with van der Waals surface area (Å²) in [7, 11) is 2.96. The fraction of sp³-hybridized carbons (Fsp3) is 0.423. The largest absolute Gasteiger partial charge is 0.493 e. The second kappa shape index (κ2) is 11.5. The Morgan fingerprint density at radius 2 is 1.86 bits per heavy atom. The highest BCUT2D eigenvalue weighted by Crippen LogP contribution is 2.36. The van der Waals surface area contributed by atoms with Crippen molar-refractivity contribution in [3.8, 4) is 11.5 Å². The molecular weight excluding hydrogens is 466 g/mol. The molecule has 0 bridgehead atoms. The Morgan fingerprint density at radius 3 is 2.51 bits per heavy atom. The Morgan fingerprint density at radius 1 is 1.11 bits per heavy atom. The first-order valence-electron chi connectivity index (χ1n) is 11.9. The minimum atomic E-state index is -0.532. The Bertz CT molecular complexity index is 1080. The van der Waals surface area contributed by atoms with E-state index >= 15 is 0 Å². The number of hydrogen-bond acceptors (Lipinski definition) is 7. The van der Waals surface area contributed by atoms with E-state index in [9.17, 15) is 9.59 Å². The van der Waals surface area contributed by atoms with Crippen LogP contribution in [-0.4, -0.2) is 47.6 Å². The lowest BCUT2D eigenvalue weighted by molar-refractivity contribution is 0.187. The van der Waals surface area contributed by atoms with E-state index in [1.165, 1.54) is 36.7 Å². The summed E-state index contributed by atoms with van der Waals surface area (Å²) in [4.78, 5) is 24.3. The summed E-state index contributed by atoms with van der Waals surface area (Å²) in [6, 6.07) is 13.1. The number of nitrogens with zero attached hydrogens (tertiary/aromatic N) is 2. The molecule has 1 atom stereocenters. The number of amides is 2. The number of nitrogens with one attached hydrogen (secondary N) is 1. The molecule has 2 aromatic rings. The van der Waals surface area contributed by atoms with Crippen LogP contribution in [0.2, 0.25) is 0 Å². The van der Waals surface area contributed by atoms with Crippen molar-refractivity contribution in [2.75, 3.05) is 19.5 Å². The Kier molecular flexibility index (Phi) is 8.17. The highest BCUT2D eigenvalue weighted by Gasteiger charge is 2.31. The molecule has 1 heterocycles. The van der Waals surface area contributed by atoms with Gasteiger partial charge in [0.25, 0.3) is 0 Å². The molecule has 1 saturated carbocycles. The van der Waals surface area contributed by atoms with Crippen molar-refractivity contribution in [1.82, 2.24) is 5.01 Å². The van der Waals surface area contributed by atoms with E-state index in [-0.39, 0.29) is 16.6 Å². The highest BCUT2D eigenvalue weighted by molar-refractivity contribution is 8.14. The van der Waals surface area contributed by atoms with E-state index in [1.54, 1.807) is 19.2 Å². The van der Waals surface area contributed by atoms with Crippen LogP contribution in [-0.2, 0) is 11.3 Å². The van der Waals surface area contributed by atoms with E-state index < -0.39 is 6.09 Å². The van der Waals surface area contributed by atoms with Crippen molar-refractivity contribution in [3.05, 3.63) is 53.6 Å². The van der Waals surface area contributed by atoms with Gasteiger partial charge in [0.05, 0.1) is 37.8 Å². The SMILES string of the molecule is CCC1SC(=O)N(Cc2ccc(NC(=O)OC)cc2)N=C1c1ccc(OC)c(OC2CCCC2)c1. The molecule has 2 amide bonds. The molecule has 0 saturated heterocycles. The van der Waals surface area contributed by atoms with Crippen molar-refractivity contribution in [2.45, 2.75) is 56.9 Å². The molecule has 0 aromatic heterocycles. The number of ether oxygens (including phenoxy) is 3. The van der Waals surface area contributed by atoms with Crippen molar-refractivity contribution in [1.29, 1.82) is 0 Å². The second-order valence-corrected chi connectivity index (χ2v) is 9.68. The molecule has 1 aliphatic heterocycles. The zero-order valence-corrected chi connectivity index (χ0v) is 21.1. The maximum atomic E-state index is 12.9. The number of rotatable bonds is 8. The second-order valence-electron chi connectivity index (χ2n) is 8.53. The van der Waals surface area contributed by atoms with Crippen LogP contribution in [0, 0.1) is 0 Å². The number of carbonyl (C=O) groups is 2. The topological polar surface area (TPSA) is 89.5 Å². The summed E-state index contributed by atoms with van der Waals surface area (Å²) >= 11 is 1.29. The summed E-state index contributed by atoms with van der Waals surface area (Å²) in [5.74, 6) is 1.42.